The lowest BCUT2D eigenvalue weighted by molar-refractivity contribution is -0.140. The smallest absolute Gasteiger partial charge is 0.233 e. The molecule has 0 saturated carbocycles. The number of benzene rings is 1. The first-order valence-electron chi connectivity index (χ1n) is 7.97. The monoisotopic (exact) mass is 312 g/mol. The fourth-order valence-corrected chi connectivity index (χ4v) is 3.19. The molecule has 1 fully saturated rings. The average Bonchev–Trinajstić information content (AvgIpc) is 2.83. The Labute approximate surface area is 135 Å². The summed E-state index contributed by atoms with van der Waals surface area (Å²) in [5.74, 6) is -0.845. The van der Waals surface area contributed by atoms with Gasteiger partial charge in [0.2, 0.25) is 17.7 Å². The van der Waals surface area contributed by atoms with Gasteiger partial charge in [-0.05, 0) is 18.4 Å². The number of rotatable bonds is 5. The number of nitrogens with one attached hydrogen (secondary N) is 1. The zero-order valence-electron chi connectivity index (χ0n) is 12.9. The van der Waals surface area contributed by atoms with Gasteiger partial charge < -0.3 is 5.32 Å². The third kappa shape index (κ3) is 3.33. The first kappa shape index (κ1) is 15.5. The fourth-order valence-electron chi connectivity index (χ4n) is 3.19. The molecule has 2 atom stereocenters. The van der Waals surface area contributed by atoms with Crippen LogP contribution in [0.25, 0.3) is 0 Å². The van der Waals surface area contributed by atoms with E-state index < -0.39 is 0 Å². The van der Waals surface area contributed by atoms with Gasteiger partial charge in [-0.1, -0.05) is 42.5 Å². The summed E-state index contributed by atoms with van der Waals surface area (Å²) >= 11 is 0. The van der Waals surface area contributed by atoms with Crippen LogP contribution in [0.1, 0.15) is 24.8 Å². The molecule has 23 heavy (non-hydrogen) atoms. The van der Waals surface area contributed by atoms with Crippen molar-refractivity contribution in [2.24, 2.45) is 11.8 Å². The highest BCUT2D eigenvalue weighted by atomic mass is 16.2. The highest BCUT2D eigenvalue weighted by Gasteiger charge is 2.46. The van der Waals surface area contributed by atoms with Gasteiger partial charge in [-0.25, -0.2) is 0 Å². The van der Waals surface area contributed by atoms with E-state index in [2.05, 4.69) is 5.32 Å². The minimum Gasteiger partial charge on any atom is -0.352 e. The van der Waals surface area contributed by atoms with Crippen LogP contribution in [0.3, 0.4) is 0 Å². The molecule has 2 unspecified atom stereocenters. The van der Waals surface area contributed by atoms with Gasteiger partial charge in [-0.3, -0.25) is 19.3 Å². The average molecular weight is 312 g/mol. The summed E-state index contributed by atoms with van der Waals surface area (Å²) in [4.78, 5) is 37.8. The number of allylic oxidation sites excluding steroid dienone is 2. The number of hydrogen-bond acceptors (Lipinski definition) is 3. The molecule has 0 bridgehead atoms. The Balaban J connectivity index is 1.49. The Morgan fingerprint density at radius 2 is 1.65 bits per heavy atom. The van der Waals surface area contributed by atoms with Gasteiger partial charge >= 0.3 is 0 Å². The second kappa shape index (κ2) is 6.77. The third-order valence-corrected chi connectivity index (χ3v) is 4.49. The van der Waals surface area contributed by atoms with E-state index in [9.17, 15) is 14.4 Å². The van der Waals surface area contributed by atoms with Crippen LogP contribution in [0.5, 0.6) is 0 Å². The van der Waals surface area contributed by atoms with E-state index in [4.69, 9.17) is 0 Å². The molecule has 5 heteroatoms. The zero-order chi connectivity index (χ0) is 16.2. The number of carbonyl (C=O) groups is 3. The van der Waals surface area contributed by atoms with E-state index in [-0.39, 0.29) is 42.5 Å². The third-order valence-electron chi connectivity index (χ3n) is 4.49. The Hall–Kier alpha value is -2.43. The highest BCUT2D eigenvalue weighted by Crippen LogP contribution is 2.34. The van der Waals surface area contributed by atoms with Crippen molar-refractivity contribution in [3.63, 3.8) is 0 Å². The second-order valence-electron chi connectivity index (χ2n) is 6.00. The number of nitrogens with zero attached hydrogens (tertiary/aromatic N) is 1. The van der Waals surface area contributed by atoms with Gasteiger partial charge in [0.05, 0.1) is 11.8 Å². The molecule has 0 spiro atoms. The lowest BCUT2D eigenvalue weighted by atomic mass is 9.85. The van der Waals surface area contributed by atoms with Crippen LogP contribution in [0, 0.1) is 11.8 Å². The molecule has 1 aromatic rings. The summed E-state index contributed by atoms with van der Waals surface area (Å²) in [6, 6.07) is 9.62. The first-order valence-corrected chi connectivity index (χ1v) is 7.97. The maximum absolute atomic E-state index is 12.3. The van der Waals surface area contributed by atoms with Crippen LogP contribution >= 0.6 is 0 Å². The fraction of sp³-hybridized carbons (Fsp3) is 0.389. The summed E-state index contributed by atoms with van der Waals surface area (Å²) in [5, 5.41) is 2.81. The van der Waals surface area contributed by atoms with Gasteiger partial charge in [-0.15, -0.1) is 0 Å². The van der Waals surface area contributed by atoms with Gasteiger partial charge in [0.25, 0.3) is 0 Å². The second-order valence-corrected chi connectivity index (χ2v) is 6.00. The molecule has 1 N–H and O–H groups in total. The van der Waals surface area contributed by atoms with Crippen molar-refractivity contribution in [3.8, 4) is 0 Å². The van der Waals surface area contributed by atoms with Crippen molar-refractivity contribution in [1.29, 1.82) is 0 Å². The molecule has 1 aromatic carbocycles. The van der Waals surface area contributed by atoms with Gasteiger partial charge in [0.15, 0.2) is 0 Å². The molecule has 3 rings (SSSR count). The molecule has 1 aliphatic heterocycles. The van der Waals surface area contributed by atoms with Crippen molar-refractivity contribution in [3.05, 3.63) is 48.0 Å². The minimum absolute atomic E-state index is 0.125. The van der Waals surface area contributed by atoms with Crippen molar-refractivity contribution in [2.45, 2.75) is 25.8 Å². The molecule has 2 aliphatic rings. The lowest BCUT2D eigenvalue weighted by Gasteiger charge is -2.14. The number of imide groups is 1. The van der Waals surface area contributed by atoms with Crippen LogP contribution < -0.4 is 5.32 Å². The molecule has 0 aromatic heterocycles. The minimum atomic E-state index is -0.222. The van der Waals surface area contributed by atoms with Crippen LogP contribution in [-0.2, 0) is 20.9 Å². The van der Waals surface area contributed by atoms with Gasteiger partial charge in [0, 0.05) is 19.5 Å². The Morgan fingerprint density at radius 3 is 2.26 bits per heavy atom. The van der Waals surface area contributed by atoms with Crippen molar-refractivity contribution in [1.82, 2.24) is 10.2 Å². The Morgan fingerprint density at radius 1 is 1.04 bits per heavy atom. The van der Waals surface area contributed by atoms with Gasteiger partial charge in [0.1, 0.15) is 0 Å². The van der Waals surface area contributed by atoms with Crippen molar-refractivity contribution < 1.29 is 14.4 Å². The molecule has 120 valence electrons. The van der Waals surface area contributed by atoms with E-state index >= 15 is 0 Å². The molecule has 1 heterocycles. The summed E-state index contributed by atoms with van der Waals surface area (Å²) in [5.41, 5.74) is 1.02. The Bertz CT molecular complexity index is 613. The molecule has 3 amide bonds. The zero-order valence-corrected chi connectivity index (χ0v) is 12.9. The number of carbonyl (C=O) groups excluding carboxylic acids is 3. The number of fused-ring (bicyclic) bond motifs is 1. The van der Waals surface area contributed by atoms with E-state index in [1.807, 2.05) is 42.5 Å². The van der Waals surface area contributed by atoms with Gasteiger partial charge in [-0.2, -0.15) is 0 Å². The summed E-state index contributed by atoms with van der Waals surface area (Å²) < 4.78 is 0. The van der Waals surface area contributed by atoms with E-state index in [1.54, 1.807) is 0 Å². The topological polar surface area (TPSA) is 66.5 Å². The van der Waals surface area contributed by atoms with E-state index in [1.165, 1.54) is 4.90 Å². The number of amides is 3. The summed E-state index contributed by atoms with van der Waals surface area (Å²) in [7, 11) is 0. The first-order chi connectivity index (χ1) is 11.2. The lowest BCUT2D eigenvalue weighted by Crippen LogP contribution is -2.35. The summed E-state index contributed by atoms with van der Waals surface area (Å²) in [6.07, 6.45) is 5.33. The molecule has 5 nitrogen and oxygen atoms in total. The van der Waals surface area contributed by atoms with Crippen molar-refractivity contribution >= 4 is 17.7 Å². The maximum Gasteiger partial charge on any atom is 0.233 e. The largest absolute Gasteiger partial charge is 0.352 e. The van der Waals surface area contributed by atoms with E-state index in [0.29, 0.717) is 19.4 Å². The summed E-state index contributed by atoms with van der Waals surface area (Å²) in [6.45, 7) is 0.627. The molecule has 1 aliphatic carbocycles. The van der Waals surface area contributed by atoms with Crippen LogP contribution in [-0.4, -0.2) is 29.2 Å². The normalized spacial score (nSPS) is 23.0. The van der Waals surface area contributed by atoms with Crippen LogP contribution in [0.15, 0.2) is 42.5 Å². The van der Waals surface area contributed by atoms with Crippen LogP contribution in [0.2, 0.25) is 0 Å². The van der Waals surface area contributed by atoms with E-state index in [0.717, 1.165) is 5.56 Å². The molecule has 0 radical (unpaired) electrons. The molecular formula is C18H20N2O3. The predicted molar refractivity (Wildman–Crippen MR) is 85.0 cm³/mol. The number of likely N-dealkylation sites (tertiary alicyclic amines) is 1. The Kier molecular flexibility index (Phi) is 4.55. The number of hydrogen-bond donors (Lipinski definition) is 1. The van der Waals surface area contributed by atoms with Crippen LogP contribution in [0.4, 0.5) is 0 Å². The predicted octanol–water partition coefficient (Wildman–Crippen LogP) is 1.64. The molecular weight excluding hydrogens is 292 g/mol. The SMILES string of the molecule is O=C(CCN1C(=O)C2CC=CCC2C1=O)NCc1ccccc1. The maximum atomic E-state index is 12.3. The quantitative estimate of drug-likeness (QED) is 0.664. The highest BCUT2D eigenvalue weighted by molar-refractivity contribution is 6.05. The van der Waals surface area contributed by atoms with Crippen molar-refractivity contribution in [2.75, 3.05) is 6.54 Å². The standard InChI is InChI=1S/C18H20N2O3/c21-16(19-12-13-6-2-1-3-7-13)10-11-20-17(22)14-8-4-5-9-15(14)18(20)23/h1-7,14-15H,8-12H2,(H,19,21). The molecule has 1 saturated heterocycles.